The van der Waals surface area contributed by atoms with Gasteiger partial charge in [-0.2, -0.15) is 0 Å². The van der Waals surface area contributed by atoms with Crippen LogP contribution in [-0.4, -0.2) is 23.1 Å². The van der Waals surface area contributed by atoms with E-state index in [1.54, 1.807) is 0 Å². The largest absolute Gasteiger partial charge is 0.326 e. The van der Waals surface area contributed by atoms with Gasteiger partial charge in [0.15, 0.2) is 0 Å². The van der Waals surface area contributed by atoms with Crippen LogP contribution in [-0.2, 0) is 15.0 Å². The van der Waals surface area contributed by atoms with Crippen molar-refractivity contribution in [2.24, 2.45) is 5.73 Å². The number of benzene rings is 1. The highest BCUT2D eigenvalue weighted by molar-refractivity contribution is 5.91. The number of hydrogen-bond donors (Lipinski definition) is 4. The van der Waals surface area contributed by atoms with E-state index >= 15 is 0 Å². The summed E-state index contributed by atoms with van der Waals surface area (Å²) in [6.07, 6.45) is 0.272. The molecule has 21 heavy (non-hydrogen) atoms. The van der Waals surface area contributed by atoms with Crippen LogP contribution >= 0.6 is 0 Å². The summed E-state index contributed by atoms with van der Waals surface area (Å²) in [5, 5.41) is 11.2. The Balaban J connectivity index is 2.50. The summed E-state index contributed by atoms with van der Waals surface area (Å²) in [5.41, 5.74) is 8.89. The molecular formula is C15H23N3O3. The number of carbonyl (C=O) groups excluding carboxylic acids is 2. The average molecular weight is 293 g/mol. The molecule has 0 spiro atoms. The third-order valence-electron chi connectivity index (χ3n) is 3.16. The zero-order chi connectivity index (χ0) is 16.0. The molecule has 0 saturated heterocycles. The fourth-order valence-electron chi connectivity index (χ4n) is 1.78. The average Bonchev–Trinajstić information content (AvgIpc) is 2.43. The highest BCUT2D eigenvalue weighted by Crippen LogP contribution is 2.23. The molecule has 6 nitrogen and oxygen atoms in total. The smallest absolute Gasteiger partial charge is 0.260 e. The van der Waals surface area contributed by atoms with Crippen molar-refractivity contribution < 1.29 is 14.8 Å². The van der Waals surface area contributed by atoms with Crippen molar-refractivity contribution in [1.29, 1.82) is 0 Å². The van der Waals surface area contributed by atoms with Crippen molar-refractivity contribution in [3.63, 3.8) is 0 Å². The van der Waals surface area contributed by atoms with Crippen LogP contribution in [0.2, 0.25) is 0 Å². The number of nitrogens with two attached hydrogens (primary N) is 1. The van der Waals surface area contributed by atoms with E-state index in [4.69, 9.17) is 10.9 Å². The number of hydrogen-bond acceptors (Lipinski definition) is 4. The lowest BCUT2D eigenvalue weighted by Gasteiger charge is -2.19. The van der Waals surface area contributed by atoms with E-state index in [9.17, 15) is 9.59 Å². The van der Waals surface area contributed by atoms with E-state index in [-0.39, 0.29) is 24.2 Å². The molecule has 0 fully saturated rings. The predicted octanol–water partition coefficient (Wildman–Crippen LogP) is 1.54. The number of amides is 2. The standard InChI is InChI=1S/C15H23N3O3/c1-15(2,3)10-4-6-11(7-5-10)17-13(19)9-8-12(16)14(20)18-21/h4-7,12,21H,8-9,16H2,1-3H3,(H,17,19)(H,18,20)/t12-/m0/s1. The van der Waals surface area contributed by atoms with Crippen LogP contribution in [0.1, 0.15) is 39.2 Å². The number of hydroxylamine groups is 1. The summed E-state index contributed by atoms with van der Waals surface area (Å²) in [6.45, 7) is 6.36. The van der Waals surface area contributed by atoms with Gasteiger partial charge in [-0.25, -0.2) is 5.48 Å². The molecule has 0 unspecified atom stereocenters. The van der Waals surface area contributed by atoms with Gasteiger partial charge in [0.25, 0.3) is 5.91 Å². The normalized spacial score (nSPS) is 12.6. The van der Waals surface area contributed by atoms with Gasteiger partial charge in [0.05, 0.1) is 6.04 Å². The van der Waals surface area contributed by atoms with Crippen LogP contribution in [0.25, 0.3) is 0 Å². The molecule has 1 atom stereocenters. The van der Waals surface area contributed by atoms with Crippen LogP contribution in [0.3, 0.4) is 0 Å². The third-order valence-corrected chi connectivity index (χ3v) is 3.16. The quantitative estimate of drug-likeness (QED) is 0.488. The zero-order valence-corrected chi connectivity index (χ0v) is 12.6. The van der Waals surface area contributed by atoms with Crippen LogP contribution in [0, 0.1) is 0 Å². The Morgan fingerprint density at radius 1 is 1.24 bits per heavy atom. The van der Waals surface area contributed by atoms with Gasteiger partial charge >= 0.3 is 0 Å². The maximum absolute atomic E-state index is 11.7. The topological polar surface area (TPSA) is 104 Å². The Kier molecular flexibility index (Phi) is 5.87. The van der Waals surface area contributed by atoms with Crippen molar-refractivity contribution in [3.05, 3.63) is 29.8 Å². The summed E-state index contributed by atoms with van der Waals surface area (Å²) < 4.78 is 0. The molecule has 0 radical (unpaired) electrons. The Hall–Kier alpha value is -1.92. The van der Waals surface area contributed by atoms with Crippen molar-refractivity contribution in [2.75, 3.05) is 5.32 Å². The van der Waals surface area contributed by atoms with Crippen molar-refractivity contribution in [2.45, 2.75) is 45.1 Å². The summed E-state index contributed by atoms with van der Waals surface area (Å²) in [6, 6.07) is 6.74. The summed E-state index contributed by atoms with van der Waals surface area (Å²) in [5.74, 6) is -0.919. The lowest BCUT2D eigenvalue weighted by molar-refractivity contribution is -0.130. The Morgan fingerprint density at radius 3 is 2.29 bits per heavy atom. The first-order valence-electron chi connectivity index (χ1n) is 6.84. The van der Waals surface area contributed by atoms with Gasteiger partial charge in [0, 0.05) is 12.1 Å². The molecule has 0 heterocycles. The van der Waals surface area contributed by atoms with E-state index in [0.29, 0.717) is 5.69 Å². The second-order valence-corrected chi connectivity index (χ2v) is 6.00. The van der Waals surface area contributed by atoms with Gasteiger partial charge in [-0.15, -0.1) is 0 Å². The van der Waals surface area contributed by atoms with Gasteiger partial charge in [0.1, 0.15) is 0 Å². The third kappa shape index (κ3) is 5.53. The van der Waals surface area contributed by atoms with E-state index in [1.807, 2.05) is 24.3 Å². The van der Waals surface area contributed by atoms with E-state index in [2.05, 4.69) is 26.1 Å². The molecule has 0 bridgehead atoms. The molecule has 5 N–H and O–H groups in total. The number of nitrogens with one attached hydrogen (secondary N) is 2. The molecule has 1 aromatic carbocycles. The lowest BCUT2D eigenvalue weighted by atomic mass is 9.87. The Labute approximate surface area is 124 Å². The number of anilines is 1. The Morgan fingerprint density at radius 2 is 1.81 bits per heavy atom. The fraction of sp³-hybridized carbons (Fsp3) is 0.467. The van der Waals surface area contributed by atoms with Gasteiger partial charge in [0.2, 0.25) is 5.91 Å². The second-order valence-electron chi connectivity index (χ2n) is 6.00. The minimum atomic E-state index is -0.899. The maximum atomic E-state index is 11.7. The van der Waals surface area contributed by atoms with E-state index in [0.717, 1.165) is 0 Å². The molecular weight excluding hydrogens is 270 g/mol. The monoisotopic (exact) mass is 293 g/mol. The molecule has 0 aliphatic carbocycles. The molecule has 0 aliphatic rings. The molecule has 6 heteroatoms. The Bertz CT molecular complexity index is 492. The minimum Gasteiger partial charge on any atom is -0.326 e. The first kappa shape index (κ1) is 17.1. The first-order valence-corrected chi connectivity index (χ1v) is 6.84. The van der Waals surface area contributed by atoms with Crippen LogP contribution in [0.15, 0.2) is 24.3 Å². The molecule has 1 rings (SSSR count). The molecule has 116 valence electrons. The minimum absolute atomic E-state index is 0.0625. The fourth-order valence-corrected chi connectivity index (χ4v) is 1.78. The highest BCUT2D eigenvalue weighted by Gasteiger charge is 2.15. The lowest BCUT2D eigenvalue weighted by Crippen LogP contribution is -2.39. The maximum Gasteiger partial charge on any atom is 0.260 e. The van der Waals surface area contributed by atoms with Crippen molar-refractivity contribution in [3.8, 4) is 0 Å². The van der Waals surface area contributed by atoms with Gasteiger partial charge in [-0.3, -0.25) is 14.8 Å². The SMILES string of the molecule is CC(C)(C)c1ccc(NC(=O)CC[C@H](N)C(=O)NO)cc1. The van der Waals surface area contributed by atoms with Crippen molar-refractivity contribution in [1.82, 2.24) is 5.48 Å². The van der Waals surface area contributed by atoms with Gasteiger partial charge < -0.3 is 11.1 Å². The van der Waals surface area contributed by atoms with Crippen molar-refractivity contribution >= 4 is 17.5 Å². The van der Waals surface area contributed by atoms with E-state index < -0.39 is 11.9 Å². The van der Waals surface area contributed by atoms with Crippen LogP contribution in [0.5, 0.6) is 0 Å². The summed E-state index contributed by atoms with van der Waals surface area (Å²) in [7, 11) is 0. The van der Waals surface area contributed by atoms with Gasteiger partial charge in [-0.05, 0) is 29.5 Å². The predicted molar refractivity (Wildman–Crippen MR) is 80.9 cm³/mol. The molecule has 0 aliphatic heterocycles. The molecule has 0 saturated carbocycles. The molecule has 2 amide bonds. The highest BCUT2D eigenvalue weighted by atomic mass is 16.5. The number of rotatable bonds is 5. The van der Waals surface area contributed by atoms with Gasteiger partial charge in [-0.1, -0.05) is 32.9 Å². The molecule has 0 aromatic heterocycles. The van der Waals surface area contributed by atoms with Crippen LogP contribution in [0.4, 0.5) is 5.69 Å². The summed E-state index contributed by atoms with van der Waals surface area (Å²) >= 11 is 0. The van der Waals surface area contributed by atoms with E-state index in [1.165, 1.54) is 11.0 Å². The second kappa shape index (κ2) is 7.19. The first-order chi connectivity index (χ1) is 9.74. The zero-order valence-electron chi connectivity index (χ0n) is 12.6. The summed E-state index contributed by atoms with van der Waals surface area (Å²) in [4.78, 5) is 22.7. The number of carbonyl (C=O) groups is 2. The molecule has 1 aromatic rings. The van der Waals surface area contributed by atoms with Crippen LogP contribution < -0.4 is 16.5 Å².